The summed E-state index contributed by atoms with van der Waals surface area (Å²) in [7, 11) is 0. The lowest BCUT2D eigenvalue weighted by Crippen LogP contribution is -2.31. The third-order valence-corrected chi connectivity index (χ3v) is 3.06. The summed E-state index contributed by atoms with van der Waals surface area (Å²) in [5, 5.41) is 16.4. The first-order valence-electron chi connectivity index (χ1n) is 4.48. The monoisotopic (exact) mass is 208 g/mol. The fourth-order valence-corrected chi connectivity index (χ4v) is 1.84. The molecule has 0 aromatic heterocycles. The van der Waals surface area contributed by atoms with E-state index in [1.54, 1.807) is 0 Å². The topological polar surface area (TPSA) is 56.1 Å². The van der Waals surface area contributed by atoms with Gasteiger partial charge in [0.05, 0.1) is 5.41 Å². The van der Waals surface area contributed by atoms with E-state index in [0.717, 1.165) is 23.3 Å². The Bertz CT molecular complexity index is 357. The van der Waals surface area contributed by atoms with E-state index >= 15 is 0 Å². The standard InChI is InChI=1S/C10H12N2OS/c11-9(12-13)10(5-6-10)7-1-3-8(14)4-2-7/h1-4,13-14H,5-6H2,(H2,11,12). The summed E-state index contributed by atoms with van der Waals surface area (Å²) in [5.41, 5.74) is 2.75. The quantitative estimate of drug-likeness (QED) is 0.260. The zero-order valence-corrected chi connectivity index (χ0v) is 8.51. The van der Waals surface area contributed by atoms with Crippen LogP contribution in [-0.4, -0.2) is 11.0 Å². The van der Waals surface area contributed by atoms with E-state index in [2.05, 4.69) is 12.6 Å². The van der Waals surface area contributed by atoms with Crippen LogP contribution in [0.4, 0.5) is 0 Å². The van der Waals surface area contributed by atoms with E-state index in [1.807, 2.05) is 29.7 Å². The summed E-state index contributed by atoms with van der Waals surface area (Å²) >= 11 is 4.20. The molecule has 74 valence electrons. The van der Waals surface area contributed by atoms with E-state index in [4.69, 9.17) is 10.6 Å². The molecule has 2 rings (SSSR count). The van der Waals surface area contributed by atoms with Crippen LogP contribution in [0.15, 0.2) is 29.2 Å². The first-order chi connectivity index (χ1) is 6.69. The van der Waals surface area contributed by atoms with Gasteiger partial charge in [-0.3, -0.25) is 16.1 Å². The second kappa shape index (κ2) is 3.29. The molecular weight excluding hydrogens is 196 g/mol. The number of hydrogen-bond acceptors (Lipinski definition) is 3. The molecule has 1 aromatic rings. The number of benzene rings is 1. The number of rotatable bonds is 2. The zero-order chi connectivity index (χ0) is 10.2. The SMILES string of the molecule is N=C(NO)C1(c2ccc(S)cc2)CC1. The van der Waals surface area contributed by atoms with Crippen molar-refractivity contribution in [1.29, 1.82) is 5.41 Å². The van der Waals surface area contributed by atoms with Gasteiger partial charge in [0.2, 0.25) is 0 Å². The van der Waals surface area contributed by atoms with E-state index < -0.39 is 0 Å². The van der Waals surface area contributed by atoms with Gasteiger partial charge in [0, 0.05) is 4.90 Å². The molecule has 0 amide bonds. The van der Waals surface area contributed by atoms with Crippen molar-refractivity contribution in [3.05, 3.63) is 29.8 Å². The summed E-state index contributed by atoms with van der Waals surface area (Å²) in [6.07, 6.45) is 1.84. The van der Waals surface area contributed by atoms with E-state index in [1.165, 1.54) is 0 Å². The predicted octanol–water partition coefficient (Wildman–Crippen LogP) is 1.96. The molecule has 1 saturated carbocycles. The zero-order valence-electron chi connectivity index (χ0n) is 7.62. The van der Waals surface area contributed by atoms with Crippen LogP contribution in [-0.2, 0) is 5.41 Å². The lowest BCUT2D eigenvalue weighted by atomic mass is 9.95. The average Bonchev–Trinajstić information content (AvgIpc) is 2.99. The largest absolute Gasteiger partial charge is 0.290 e. The van der Waals surface area contributed by atoms with Crippen molar-refractivity contribution >= 4 is 18.5 Å². The molecule has 0 heterocycles. The Hall–Kier alpha value is -1.00. The lowest BCUT2D eigenvalue weighted by molar-refractivity contribution is 0.228. The van der Waals surface area contributed by atoms with Gasteiger partial charge in [-0.2, -0.15) is 0 Å². The van der Waals surface area contributed by atoms with Crippen LogP contribution < -0.4 is 5.48 Å². The minimum absolute atomic E-state index is 0.185. The molecule has 1 fully saturated rings. The molecule has 0 bridgehead atoms. The summed E-state index contributed by atoms with van der Waals surface area (Å²) in [4.78, 5) is 0.910. The van der Waals surface area contributed by atoms with Crippen molar-refractivity contribution < 1.29 is 5.21 Å². The number of nitrogens with one attached hydrogen (secondary N) is 2. The van der Waals surface area contributed by atoms with Crippen molar-refractivity contribution in [3.8, 4) is 0 Å². The molecule has 0 atom stereocenters. The Morgan fingerprint density at radius 1 is 1.36 bits per heavy atom. The summed E-state index contributed by atoms with van der Waals surface area (Å²) in [5.74, 6) is 0.185. The summed E-state index contributed by atoms with van der Waals surface area (Å²) in [6, 6.07) is 7.73. The molecule has 14 heavy (non-hydrogen) atoms. The number of amidine groups is 1. The molecule has 0 saturated heterocycles. The van der Waals surface area contributed by atoms with Crippen molar-refractivity contribution in [2.75, 3.05) is 0 Å². The Kier molecular flexibility index (Phi) is 2.25. The van der Waals surface area contributed by atoms with Crippen LogP contribution >= 0.6 is 12.6 Å². The van der Waals surface area contributed by atoms with Gasteiger partial charge in [-0.15, -0.1) is 12.6 Å². The maximum atomic E-state index is 8.74. The van der Waals surface area contributed by atoms with Gasteiger partial charge in [0.25, 0.3) is 0 Å². The molecule has 1 aliphatic carbocycles. The maximum absolute atomic E-state index is 8.74. The Morgan fingerprint density at radius 3 is 2.36 bits per heavy atom. The van der Waals surface area contributed by atoms with Gasteiger partial charge in [0.1, 0.15) is 5.84 Å². The summed E-state index contributed by atoms with van der Waals surface area (Å²) in [6.45, 7) is 0. The molecule has 0 spiro atoms. The second-order valence-corrected chi connectivity index (χ2v) is 4.13. The fourth-order valence-electron chi connectivity index (χ4n) is 1.70. The smallest absolute Gasteiger partial charge is 0.128 e. The molecule has 3 nitrogen and oxygen atoms in total. The highest BCUT2D eigenvalue weighted by Gasteiger charge is 2.48. The van der Waals surface area contributed by atoms with Crippen LogP contribution in [0.3, 0.4) is 0 Å². The van der Waals surface area contributed by atoms with E-state index in [-0.39, 0.29) is 11.3 Å². The Morgan fingerprint density at radius 2 is 1.93 bits per heavy atom. The van der Waals surface area contributed by atoms with Crippen molar-refractivity contribution in [2.45, 2.75) is 23.2 Å². The van der Waals surface area contributed by atoms with Gasteiger partial charge in [-0.05, 0) is 30.5 Å². The van der Waals surface area contributed by atoms with Crippen molar-refractivity contribution in [3.63, 3.8) is 0 Å². The molecular formula is C10H12N2OS. The van der Waals surface area contributed by atoms with Gasteiger partial charge in [-0.1, -0.05) is 12.1 Å². The predicted molar refractivity (Wildman–Crippen MR) is 57.3 cm³/mol. The highest BCUT2D eigenvalue weighted by atomic mass is 32.1. The van der Waals surface area contributed by atoms with Crippen LogP contribution in [0.5, 0.6) is 0 Å². The molecule has 1 aromatic carbocycles. The van der Waals surface area contributed by atoms with E-state index in [9.17, 15) is 0 Å². The molecule has 0 radical (unpaired) electrons. The lowest BCUT2D eigenvalue weighted by Gasteiger charge is -2.15. The minimum atomic E-state index is -0.268. The maximum Gasteiger partial charge on any atom is 0.128 e. The molecule has 0 aliphatic heterocycles. The summed E-state index contributed by atoms with van der Waals surface area (Å²) < 4.78 is 0. The minimum Gasteiger partial charge on any atom is -0.290 e. The first-order valence-corrected chi connectivity index (χ1v) is 4.92. The molecule has 0 unspecified atom stereocenters. The van der Waals surface area contributed by atoms with Crippen molar-refractivity contribution in [2.24, 2.45) is 0 Å². The number of thiol groups is 1. The Labute approximate surface area is 88.0 Å². The van der Waals surface area contributed by atoms with E-state index in [0.29, 0.717) is 0 Å². The van der Waals surface area contributed by atoms with Crippen LogP contribution in [0.1, 0.15) is 18.4 Å². The third kappa shape index (κ3) is 1.40. The first kappa shape index (κ1) is 9.55. The third-order valence-electron chi connectivity index (χ3n) is 2.76. The van der Waals surface area contributed by atoms with Gasteiger partial charge < -0.3 is 0 Å². The van der Waals surface area contributed by atoms with Gasteiger partial charge >= 0.3 is 0 Å². The fraction of sp³-hybridized carbons (Fsp3) is 0.300. The highest BCUT2D eigenvalue weighted by molar-refractivity contribution is 7.80. The number of hydroxylamine groups is 1. The normalized spacial score (nSPS) is 17.6. The van der Waals surface area contributed by atoms with Crippen LogP contribution in [0, 0.1) is 5.41 Å². The molecule has 4 heteroatoms. The van der Waals surface area contributed by atoms with Crippen molar-refractivity contribution in [1.82, 2.24) is 5.48 Å². The second-order valence-electron chi connectivity index (χ2n) is 3.62. The molecule has 3 N–H and O–H groups in total. The van der Waals surface area contributed by atoms with Crippen LogP contribution in [0.25, 0.3) is 0 Å². The van der Waals surface area contributed by atoms with Crippen LogP contribution in [0.2, 0.25) is 0 Å². The molecule has 1 aliphatic rings. The number of hydrogen-bond donors (Lipinski definition) is 4. The highest BCUT2D eigenvalue weighted by Crippen LogP contribution is 2.48. The average molecular weight is 208 g/mol. The van der Waals surface area contributed by atoms with Gasteiger partial charge in [0.15, 0.2) is 0 Å². The Balaban J connectivity index is 2.31. The van der Waals surface area contributed by atoms with Gasteiger partial charge in [-0.25, -0.2) is 0 Å².